The molecule has 1 saturated heterocycles. The second kappa shape index (κ2) is 6.76. The van der Waals surface area contributed by atoms with E-state index >= 15 is 0 Å². The van der Waals surface area contributed by atoms with Crippen molar-refractivity contribution in [2.24, 2.45) is 7.05 Å². The van der Waals surface area contributed by atoms with E-state index in [9.17, 15) is 0 Å². The Morgan fingerprint density at radius 2 is 1.71 bits per heavy atom. The summed E-state index contributed by atoms with van der Waals surface area (Å²) in [5.41, 5.74) is 3.94. The maximum Gasteiger partial charge on any atom is 0.259 e. The molecular weight excluding hydrogens is 352 g/mol. The number of hydrogen-bond donors (Lipinski definition) is 0. The van der Waals surface area contributed by atoms with Crippen LogP contribution in [0.25, 0.3) is 33.9 Å². The zero-order chi connectivity index (χ0) is 19.1. The van der Waals surface area contributed by atoms with E-state index in [2.05, 4.69) is 56.2 Å². The molecule has 142 valence electrons. The molecule has 4 heterocycles. The van der Waals surface area contributed by atoms with E-state index in [0.717, 1.165) is 48.3 Å². The van der Waals surface area contributed by atoms with Crippen LogP contribution in [0.5, 0.6) is 0 Å². The van der Waals surface area contributed by atoms with Crippen molar-refractivity contribution in [1.82, 2.24) is 24.6 Å². The van der Waals surface area contributed by atoms with Crippen LogP contribution in [0.1, 0.15) is 0 Å². The Morgan fingerprint density at radius 3 is 2.50 bits per heavy atom. The zero-order valence-electron chi connectivity index (χ0n) is 16.0. The minimum Gasteiger partial charge on any atom is -0.369 e. The van der Waals surface area contributed by atoms with E-state index in [1.165, 1.54) is 5.69 Å². The average molecular weight is 374 g/mol. The van der Waals surface area contributed by atoms with Gasteiger partial charge in [0, 0.05) is 62.3 Å². The molecule has 1 aliphatic heterocycles. The SMILES string of the molecule is CN1CCN(c2ccc(-c3noc(-c4cnc5c(ccn5C)c4)n3)cc2)CC1. The fourth-order valence-electron chi connectivity index (χ4n) is 3.62. The van der Waals surface area contributed by atoms with E-state index < -0.39 is 0 Å². The van der Waals surface area contributed by atoms with Crippen molar-refractivity contribution < 1.29 is 4.52 Å². The quantitative estimate of drug-likeness (QED) is 0.549. The highest BCUT2D eigenvalue weighted by atomic mass is 16.5. The van der Waals surface area contributed by atoms with Crippen molar-refractivity contribution in [2.45, 2.75) is 0 Å². The van der Waals surface area contributed by atoms with Crippen LogP contribution in [-0.4, -0.2) is 57.8 Å². The summed E-state index contributed by atoms with van der Waals surface area (Å²) in [4.78, 5) is 13.8. The van der Waals surface area contributed by atoms with Crippen LogP contribution < -0.4 is 4.90 Å². The van der Waals surface area contributed by atoms with Gasteiger partial charge in [0.05, 0.1) is 5.56 Å². The van der Waals surface area contributed by atoms with Crippen molar-refractivity contribution in [1.29, 1.82) is 0 Å². The van der Waals surface area contributed by atoms with Gasteiger partial charge in [-0.05, 0) is 43.4 Å². The molecule has 0 saturated carbocycles. The smallest absolute Gasteiger partial charge is 0.259 e. The monoisotopic (exact) mass is 374 g/mol. The molecule has 0 radical (unpaired) electrons. The summed E-state index contributed by atoms with van der Waals surface area (Å²) in [6, 6.07) is 12.4. The Balaban J connectivity index is 1.38. The van der Waals surface area contributed by atoms with E-state index in [0.29, 0.717) is 11.7 Å². The molecule has 7 heteroatoms. The Hall–Kier alpha value is -3.19. The van der Waals surface area contributed by atoms with E-state index in [4.69, 9.17) is 4.52 Å². The van der Waals surface area contributed by atoms with Crippen molar-refractivity contribution in [2.75, 3.05) is 38.1 Å². The molecule has 0 unspecified atom stereocenters. The van der Waals surface area contributed by atoms with Crippen LogP contribution in [0, 0.1) is 0 Å². The summed E-state index contributed by atoms with van der Waals surface area (Å²) < 4.78 is 7.48. The minimum absolute atomic E-state index is 0.483. The Morgan fingerprint density at radius 1 is 0.929 bits per heavy atom. The number of aromatic nitrogens is 4. The van der Waals surface area contributed by atoms with Gasteiger partial charge in [-0.3, -0.25) is 0 Å². The van der Waals surface area contributed by atoms with Crippen molar-refractivity contribution >= 4 is 16.7 Å². The van der Waals surface area contributed by atoms with Crippen molar-refractivity contribution in [3.8, 4) is 22.8 Å². The summed E-state index contributed by atoms with van der Waals surface area (Å²) in [7, 11) is 4.14. The number of pyridine rings is 1. The number of anilines is 1. The number of piperazine rings is 1. The lowest BCUT2D eigenvalue weighted by Gasteiger charge is -2.34. The minimum atomic E-state index is 0.483. The molecule has 28 heavy (non-hydrogen) atoms. The van der Waals surface area contributed by atoms with Crippen LogP contribution in [0.4, 0.5) is 5.69 Å². The number of likely N-dealkylation sites (N-methyl/N-ethyl adjacent to an activating group) is 1. The van der Waals surface area contributed by atoms with E-state index in [-0.39, 0.29) is 0 Å². The second-order valence-electron chi connectivity index (χ2n) is 7.32. The van der Waals surface area contributed by atoms with Gasteiger partial charge in [-0.25, -0.2) is 4.98 Å². The third-order valence-electron chi connectivity index (χ3n) is 5.37. The van der Waals surface area contributed by atoms with Gasteiger partial charge in [-0.2, -0.15) is 4.98 Å². The van der Waals surface area contributed by atoms with Crippen LogP contribution in [0.15, 0.2) is 53.3 Å². The van der Waals surface area contributed by atoms with Gasteiger partial charge in [-0.15, -0.1) is 0 Å². The van der Waals surface area contributed by atoms with Gasteiger partial charge in [0.15, 0.2) is 0 Å². The molecule has 1 aliphatic rings. The van der Waals surface area contributed by atoms with Gasteiger partial charge in [0.1, 0.15) is 5.65 Å². The largest absolute Gasteiger partial charge is 0.369 e. The van der Waals surface area contributed by atoms with E-state index in [1.807, 2.05) is 29.9 Å². The maximum absolute atomic E-state index is 5.50. The first-order chi connectivity index (χ1) is 13.7. The highest BCUT2D eigenvalue weighted by molar-refractivity contribution is 5.80. The highest BCUT2D eigenvalue weighted by Crippen LogP contribution is 2.26. The molecule has 7 nitrogen and oxygen atoms in total. The molecule has 0 amide bonds. The predicted octanol–water partition coefficient (Wildman–Crippen LogP) is 3.04. The number of nitrogens with zero attached hydrogens (tertiary/aromatic N) is 6. The van der Waals surface area contributed by atoms with Crippen molar-refractivity contribution in [3.63, 3.8) is 0 Å². The predicted molar refractivity (Wildman–Crippen MR) is 109 cm³/mol. The summed E-state index contributed by atoms with van der Waals surface area (Å²) in [5, 5.41) is 5.21. The molecule has 0 bridgehead atoms. The van der Waals surface area contributed by atoms with Crippen LogP contribution in [0.2, 0.25) is 0 Å². The normalized spacial score (nSPS) is 15.4. The molecular formula is C21H22N6O. The zero-order valence-corrected chi connectivity index (χ0v) is 16.0. The third kappa shape index (κ3) is 3.03. The van der Waals surface area contributed by atoms with Gasteiger partial charge in [0.25, 0.3) is 5.89 Å². The first-order valence-electron chi connectivity index (χ1n) is 9.46. The number of hydrogen-bond acceptors (Lipinski definition) is 6. The molecule has 0 N–H and O–H groups in total. The number of rotatable bonds is 3. The van der Waals surface area contributed by atoms with Crippen LogP contribution in [-0.2, 0) is 7.05 Å². The molecule has 0 spiro atoms. The molecule has 1 fully saturated rings. The lowest BCUT2D eigenvalue weighted by molar-refractivity contribution is 0.313. The number of benzene rings is 1. The fourth-order valence-corrected chi connectivity index (χ4v) is 3.62. The van der Waals surface area contributed by atoms with E-state index in [1.54, 1.807) is 6.20 Å². The number of fused-ring (bicyclic) bond motifs is 1. The lowest BCUT2D eigenvalue weighted by atomic mass is 10.1. The van der Waals surface area contributed by atoms with Gasteiger partial charge in [0.2, 0.25) is 5.82 Å². The first kappa shape index (κ1) is 16.9. The summed E-state index contributed by atoms with van der Waals surface area (Å²) in [5.74, 6) is 1.07. The standard InChI is InChI=1S/C21H22N6O/c1-25-9-11-27(12-10-25)18-5-3-15(4-6-18)19-23-21(28-24-19)17-13-16-7-8-26(2)20(16)22-14-17/h3-8,13-14H,9-12H2,1-2H3. The van der Waals surface area contributed by atoms with Gasteiger partial charge in [-0.1, -0.05) is 5.16 Å². The lowest BCUT2D eigenvalue weighted by Crippen LogP contribution is -2.44. The van der Waals surface area contributed by atoms with Gasteiger partial charge >= 0.3 is 0 Å². The second-order valence-corrected chi connectivity index (χ2v) is 7.32. The number of aryl methyl sites for hydroxylation is 1. The molecule has 3 aromatic heterocycles. The average Bonchev–Trinajstić information content (AvgIpc) is 3.36. The first-order valence-corrected chi connectivity index (χ1v) is 9.46. The third-order valence-corrected chi connectivity index (χ3v) is 5.37. The Kier molecular flexibility index (Phi) is 4.09. The Labute approximate surface area is 163 Å². The molecule has 5 rings (SSSR count). The topological polar surface area (TPSA) is 63.2 Å². The van der Waals surface area contributed by atoms with Crippen LogP contribution in [0.3, 0.4) is 0 Å². The maximum atomic E-state index is 5.50. The molecule has 1 aromatic carbocycles. The van der Waals surface area contributed by atoms with Gasteiger partial charge < -0.3 is 18.9 Å². The highest BCUT2D eigenvalue weighted by Gasteiger charge is 2.16. The summed E-state index contributed by atoms with van der Waals surface area (Å²) in [6.45, 7) is 4.29. The van der Waals surface area contributed by atoms with Crippen LogP contribution >= 0.6 is 0 Å². The summed E-state index contributed by atoms with van der Waals surface area (Å²) >= 11 is 0. The molecule has 0 aliphatic carbocycles. The molecule has 4 aromatic rings. The Bertz CT molecular complexity index is 1110. The summed E-state index contributed by atoms with van der Waals surface area (Å²) in [6.07, 6.45) is 3.76. The fraction of sp³-hybridized carbons (Fsp3) is 0.286. The van der Waals surface area contributed by atoms with Crippen molar-refractivity contribution in [3.05, 3.63) is 48.8 Å². The molecule has 0 atom stereocenters.